The average Bonchev–Trinajstić information content (AvgIpc) is 2.82. The molecule has 0 spiro atoms. The van der Waals surface area contributed by atoms with Gasteiger partial charge in [0.1, 0.15) is 24.9 Å². The summed E-state index contributed by atoms with van der Waals surface area (Å²) in [4.78, 5) is 25.2. The molecule has 0 aliphatic rings. The van der Waals surface area contributed by atoms with Crippen molar-refractivity contribution in [2.45, 2.75) is 52.0 Å². The molecule has 0 radical (unpaired) electrons. The largest absolute Gasteiger partial charge is 0.486 e. The first-order valence-corrected chi connectivity index (χ1v) is 11.3. The summed E-state index contributed by atoms with van der Waals surface area (Å²) < 4.78 is 31.0. The second kappa shape index (κ2) is 12.0. The SMILES string of the molecule is CC(C)(C)OC(=O)N[C@@H](Cc1ccc(OCc2ccccc2)c(F)c1)C(=O)OCc1ccccc1. The quantitative estimate of drug-likeness (QED) is 0.406. The van der Waals surface area contributed by atoms with E-state index in [-0.39, 0.29) is 25.4 Å². The van der Waals surface area contributed by atoms with Gasteiger partial charge in [-0.2, -0.15) is 0 Å². The highest BCUT2D eigenvalue weighted by atomic mass is 19.1. The van der Waals surface area contributed by atoms with Crippen LogP contribution in [-0.4, -0.2) is 23.7 Å². The van der Waals surface area contributed by atoms with E-state index in [0.717, 1.165) is 11.1 Å². The number of esters is 1. The summed E-state index contributed by atoms with van der Waals surface area (Å²) in [5.74, 6) is -1.11. The maximum absolute atomic E-state index is 14.7. The molecule has 7 heteroatoms. The summed E-state index contributed by atoms with van der Waals surface area (Å²) in [7, 11) is 0. The van der Waals surface area contributed by atoms with Crippen LogP contribution in [0.3, 0.4) is 0 Å². The zero-order valence-corrected chi connectivity index (χ0v) is 20.1. The first kappa shape index (κ1) is 25.7. The monoisotopic (exact) mass is 479 g/mol. The predicted octanol–water partition coefficient (Wildman–Crippen LogP) is 5.58. The molecule has 0 fully saturated rings. The van der Waals surface area contributed by atoms with E-state index in [2.05, 4.69) is 5.32 Å². The number of alkyl carbamates (subject to hydrolysis) is 1. The van der Waals surface area contributed by atoms with Gasteiger partial charge in [-0.1, -0.05) is 66.7 Å². The van der Waals surface area contributed by atoms with Crippen LogP contribution in [0.15, 0.2) is 78.9 Å². The fourth-order valence-electron chi connectivity index (χ4n) is 3.23. The topological polar surface area (TPSA) is 73.9 Å². The third kappa shape index (κ3) is 8.77. The number of carbonyl (C=O) groups is 2. The molecular formula is C28H30FNO5. The molecule has 3 aromatic rings. The first-order valence-electron chi connectivity index (χ1n) is 11.3. The summed E-state index contributed by atoms with van der Waals surface area (Å²) in [5, 5.41) is 2.55. The van der Waals surface area contributed by atoms with Crippen LogP contribution in [0.1, 0.15) is 37.5 Å². The Morgan fingerprint density at radius 1 is 0.857 bits per heavy atom. The number of hydrogen-bond donors (Lipinski definition) is 1. The Morgan fingerprint density at radius 3 is 2.03 bits per heavy atom. The van der Waals surface area contributed by atoms with Gasteiger partial charge in [0.2, 0.25) is 0 Å². The van der Waals surface area contributed by atoms with Crippen LogP contribution in [0, 0.1) is 5.82 Å². The minimum atomic E-state index is -1.07. The molecule has 0 aliphatic carbocycles. The third-order valence-electron chi connectivity index (χ3n) is 4.87. The zero-order valence-electron chi connectivity index (χ0n) is 20.1. The highest BCUT2D eigenvalue weighted by Crippen LogP contribution is 2.21. The Bertz CT molecular complexity index is 1110. The lowest BCUT2D eigenvalue weighted by molar-refractivity contribution is -0.147. The number of amides is 1. The van der Waals surface area contributed by atoms with Crippen molar-refractivity contribution >= 4 is 12.1 Å². The highest BCUT2D eigenvalue weighted by molar-refractivity contribution is 5.81. The fraction of sp³-hybridized carbons (Fsp3) is 0.286. The van der Waals surface area contributed by atoms with E-state index < -0.39 is 29.5 Å². The van der Waals surface area contributed by atoms with Gasteiger partial charge in [0.15, 0.2) is 11.6 Å². The average molecular weight is 480 g/mol. The van der Waals surface area contributed by atoms with Gasteiger partial charge in [-0.15, -0.1) is 0 Å². The van der Waals surface area contributed by atoms with Crippen LogP contribution < -0.4 is 10.1 Å². The molecule has 0 aliphatic heterocycles. The smallest absolute Gasteiger partial charge is 0.408 e. The number of ether oxygens (including phenoxy) is 3. The molecule has 3 rings (SSSR count). The molecule has 35 heavy (non-hydrogen) atoms. The van der Waals surface area contributed by atoms with E-state index in [9.17, 15) is 14.0 Å². The van der Waals surface area contributed by atoms with Crippen molar-refractivity contribution in [1.29, 1.82) is 0 Å². The minimum Gasteiger partial charge on any atom is -0.486 e. The van der Waals surface area contributed by atoms with Crippen molar-refractivity contribution in [1.82, 2.24) is 5.32 Å². The van der Waals surface area contributed by atoms with Crippen LogP contribution in [0.2, 0.25) is 0 Å². The number of carbonyl (C=O) groups excluding carboxylic acids is 2. The summed E-state index contributed by atoms with van der Waals surface area (Å²) in [6.07, 6.45) is -0.745. The predicted molar refractivity (Wildman–Crippen MR) is 130 cm³/mol. The Kier molecular flexibility index (Phi) is 8.84. The van der Waals surface area contributed by atoms with Gasteiger partial charge in [0.05, 0.1) is 0 Å². The number of hydrogen-bond acceptors (Lipinski definition) is 5. The standard InChI is InChI=1S/C28H30FNO5/c1-28(2,3)35-27(32)30-24(26(31)34-19-21-12-8-5-9-13-21)17-22-14-15-25(23(29)16-22)33-18-20-10-6-4-7-11-20/h4-16,24H,17-19H2,1-3H3,(H,30,32)/t24-/m0/s1. The van der Waals surface area contributed by atoms with Gasteiger partial charge < -0.3 is 19.5 Å². The van der Waals surface area contributed by atoms with E-state index in [4.69, 9.17) is 14.2 Å². The lowest BCUT2D eigenvalue weighted by Crippen LogP contribution is -2.45. The number of halogens is 1. The number of benzene rings is 3. The van der Waals surface area contributed by atoms with Crippen molar-refractivity contribution in [3.63, 3.8) is 0 Å². The van der Waals surface area contributed by atoms with Crippen LogP contribution in [-0.2, 0) is 33.9 Å². The van der Waals surface area contributed by atoms with Gasteiger partial charge in [-0.05, 0) is 49.6 Å². The normalized spacial score (nSPS) is 11.9. The van der Waals surface area contributed by atoms with E-state index >= 15 is 0 Å². The lowest BCUT2D eigenvalue weighted by Gasteiger charge is -2.23. The lowest BCUT2D eigenvalue weighted by atomic mass is 10.1. The molecule has 3 aromatic carbocycles. The number of rotatable bonds is 9. The van der Waals surface area contributed by atoms with Gasteiger partial charge in [0, 0.05) is 6.42 Å². The molecule has 6 nitrogen and oxygen atoms in total. The van der Waals surface area contributed by atoms with Gasteiger partial charge in [0.25, 0.3) is 0 Å². The Morgan fingerprint density at radius 2 is 1.46 bits per heavy atom. The molecule has 0 saturated heterocycles. The Labute approximate surface area is 205 Å². The summed E-state index contributed by atoms with van der Waals surface area (Å²) in [5.41, 5.74) is 1.47. The van der Waals surface area contributed by atoms with Crippen molar-refractivity contribution in [3.8, 4) is 5.75 Å². The maximum atomic E-state index is 14.7. The molecule has 0 heterocycles. The highest BCUT2D eigenvalue weighted by Gasteiger charge is 2.26. The molecule has 0 aromatic heterocycles. The van der Waals surface area contributed by atoms with Crippen molar-refractivity contribution in [2.24, 2.45) is 0 Å². The molecule has 184 valence electrons. The Balaban J connectivity index is 1.68. The minimum absolute atomic E-state index is 0.0166. The summed E-state index contributed by atoms with van der Waals surface area (Å²) >= 11 is 0. The van der Waals surface area contributed by atoms with Crippen molar-refractivity contribution in [3.05, 3.63) is 101 Å². The molecular weight excluding hydrogens is 449 g/mol. The molecule has 0 bridgehead atoms. The molecule has 1 atom stereocenters. The first-order chi connectivity index (χ1) is 16.7. The van der Waals surface area contributed by atoms with E-state index in [1.807, 2.05) is 60.7 Å². The van der Waals surface area contributed by atoms with Crippen LogP contribution in [0.25, 0.3) is 0 Å². The Hall–Kier alpha value is -3.87. The molecule has 0 saturated carbocycles. The zero-order chi connectivity index (χ0) is 25.3. The van der Waals surface area contributed by atoms with Crippen LogP contribution in [0.5, 0.6) is 5.75 Å². The fourth-order valence-corrected chi connectivity index (χ4v) is 3.23. The van der Waals surface area contributed by atoms with Crippen LogP contribution in [0.4, 0.5) is 9.18 Å². The van der Waals surface area contributed by atoms with E-state index in [1.54, 1.807) is 26.8 Å². The molecule has 1 N–H and O–H groups in total. The summed E-state index contributed by atoms with van der Waals surface area (Å²) in [6, 6.07) is 22.0. The van der Waals surface area contributed by atoms with Crippen molar-refractivity contribution < 1.29 is 28.2 Å². The second-order valence-electron chi connectivity index (χ2n) is 9.04. The van der Waals surface area contributed by atoms with Gasteiger partial charge in [-0.3, -0.25) is 0 Å². The van der Waals surface area contributed by atoms with Gasteiger partial charge >= 0.3 is 12.1 Å². The number of nitrogens with one attached hydrogen (secondary N) is 1. The van der Waals surface area contributed by atoms with Crippen molar-refractivity contribution in [2.75, 3.05) is 0 Å². The van der Waals surface area contributed by atoms with E-state index in [1.165, 1.54) is 12.1 Å². The third-order valence-corrected chi connectivity index (χ3v) is 4.87. The molecule has 1 amide bonds. The van der Waals surface area contributed by atoms with Gasteiger partial charge in [-0.25, -0.2) is 14.0 Å². The van der Waals surface area contributed by atoms with E-state index in [0.29, 0.717) is 5.56 Å². The maximum Gasteiger partial charge on any atom is 0.408 e. The molecule has 0 unspecified atom stereocenters. The van der Waals surface area contributed by atoms with Crippen LogP contribution >= 0.6 is 0 Å². The summed E-state index contributed by atoms with van der Waals surface area (Å²) in [6.45, 7) is 5.44. The second-order valence-corrected chi connectivity index (χ2v) is 9.04.